The summed E-state index contributed by atoms with van der Waals surface area (Å²) in [5.74, 6) is 0.307. The third kappa shape index (κ3) is 4.53. The number of rotatable bonds is 6. The second-order valence-corrected chi connectivity index (χ2v) is 5.59. The molecule has 0 bridgehead atoms. The molecule has 0 aliphatic rings. The molecule has 0 saturated heterocycles. The first-order valence-electron chi connectivity index (χ1n) is 6.72. The Labute approximate surface area is 123 Å². The van der Waals surface area contributed by atoms with E-state index in [9.17, 15) is 4.79 Å². The second-order valence-electron chi connectivity index (χ2n) is 4.73. The van der Waals surface area contributed by atoms with Crippen molar-refractivity contribution in [3.63, 3.8) is 0 Å². The minimum Gasteiger partial charge on any atom is -0.462 e. The molecule has 4 heteroatoms. The van der Waals surface area contributed by atoms with Gasteiger partial charge in [0.1, 0.15) is 0 Å². The van der Waals surface area contributed by atoms with Crippen molar-refractivity contribution in [3.05, 3.63) is 28.2 Å². The van der Waals surface area contributed by atoms with Crippen LogP contribution in [0, 0.1) is 5.92 Å². The Morgan fingerprint density at radius 2 is 2.05 bits per heavy atom. The summed E-state index contributed by atoms with van der Waals surface area (Å²) in [6, 6.07) is 5.88. The van der Waals surface area contributed by atoms with Gasteiger partial charge in [-0.05, 0) is 53.9 Å². The number of halogens is 1. The van der Waals surface area contributed by atoms with E-state index in [1.165, 1.54) is 0 Å². The van der Waals surface area contributed by atoms with Crippen LogP contribution in [0.4, 0.5) is 5.69 Å². The largest absolute Gasteiger partial charge is 0.462 e. The number of ether oxygens (including phenoxy) is 1. The highest BCUT2D eigenvalue weighted by molar-refractivity contribution is 9.10. The van der Waals surface area contributed by atoms with Crippen LogP contribution in [0.2, 0.25) is 0 Å². The first kappa shape index (κ1) is 16.0. The monoisotopic (exact) mass is 327 g/mol. The predicted molar refractivity (Wildman–Crippen MR) is 82.6 cm³/mol. The Hall–Kier alpha value is -1.03. The van der Waals surface area contributed by atoms with Crippen LogP contribution in [0.1, 0.15) is 44.5 Å². The Kier molecular flexibility index (Phi) is 6.35. The number of anilines is 1. The van der Waals surface area contributed by atoms with E-state index in [1.54, 1.807) is 19.1 Å². The average molecular weight is 328 g/mol. The van der Waals surface area contributed by atoms with E-state index < -0.39 is 0 Å². The van der Waals surface area contributed by atoms with Crippen LogP contribution in [0.15, 0.2) is 22.7 Å². The van der Waals surface area contributed by atoms with E-state index in [4.69, 9.17) is 4.74 Å². The van der Waals surface area contributed by atoms with Crippen molar-refractivity contribution in [1.82, 2.24) is 0 Å². The fourth-order valence-electron chi connectivity index (χ4n) is 1.71. The smallest absolute Gasteiger partial charge is 0.338 e. The number of hydrogen-bond acceptors (Lipinski definition) is 3. The molecule has 0 aliphatic carbocycles. The van der Waals surface area contributed by atoms with E-state index in [1.807, 2.05) is 6.07 Å². The molecule has 0 aromatic heterocycles. The second kappa shape index (κ2) is 7.53. The zero-order valence-corrected chi connectivity index (χ0v) is 13.6. The van der Waals surface area contributed by atoms with Gasteiger partial charge in [-0.3, -0.25) is 0 Å². The maximum Gasteiger partial charge on any atom is 0.338 e. The van der Waals surface area contributed by atoms with Crippen LogP contribution < -0.4 is 5.32 Å². The summed E-state index contributed by atoms with van der Waals surface area (Å²) in [5.41, 5.74) is 1.57. The molecular weight excluding hydrogens is 306 g/mol. The van der Waals surface area contributed by atoms with Gasteiger partial charge in [-0.1, -0.05) is 20.3 Å². The van der Waals surface area contributed by atoms with E-state index in [0.29, 0.717) is 24.1 Å². The lowest BCUT2D eigenvalue weighted by Gasteiger charge is -2.22. The van der Waals surface area contributed by atoms with Crippen molar-refractivity contribution in [3.8, 4) is 0 Å². The molecule has 0 amide bonds. The van der Waals surface area contributed by atoms with Crippen molar-refractivity contribution >= 4 is 27.6 Å². The molecule has 106 valence electrons. The topological polar surface area (TPSA) is 38.3 Å². The number of benzene rings is 1. The molecule has 0 aliphatic heterocycles. The third-order valence-corrected chi connectivity index (χ3v) is 4.02. The van der Waals surface area contributed by atoms with Gasteiger partial charge in [-0.25, -0.2) is 4.79 Å². The quantitative estimate of drug-likeness (QED) is 0.783. The molecule has 1 aromatic rings. The lowest BCUT2D eigenvalue weighted by Crippen LogP contribution is -2.23. The van der Waals surface area contributed by atoms with E-state index in [0.717, 1.165) is 16.6 Å². The summed E-state index contributed by atoms with van der Waals surface area (Å²) < 4.78 is 5.86. The van der Waals surface area contributed by atoms with Crippen molar-refractivity contribution in [2.45, 2.75) is 40.2 Å². The first-order chi connectivity index (χ1) is 8.99. The fourth-order valence-corrected chi connectivity index (χ4v) is 2.21. The van der Waals surface area contributed by atoms with Crippen LogP contribution in [-0.2, 0) is 4.74 Å². The van der Waals surface area contributed by atoms with Crippen molar-refractivity contribution < 1.29 is 9.53 Å². The molecule has 1 N–H and O–H groups in total. The fraction of sp³-hybridized carbons (Fsp3) is 0.533. The van der Waals surface area contributed by atoms with Crippen LogP contribution in [0.5, 0.6) is 0 Å². The van der Waals surface area contributed by atoms with Gasteiger partial charge < -0.3 is 10.1 Å². The Morgan fingerprint density at radius 1 is 1.37 bits per heavy atom. The molecule has 0 fully saturated rings. The van der Waals surface area contributed by atoms with E-state index in [2.05, 4.69) is 42.0 Å². The summed E-state index contributed by atoms with van der Waals surface area (Å²) in [4.78, 5) is 11.6. The molecular formula is C15H22BrNO2. The normalized spacial score (nSPS) is 13.7. The summed E-state index contributed by atoms with van der Waals surface area (Å²) >= 11 is 3.50. The SMILES string of the molecule is CCOC(=O)c1ccc(NC(C)C(C)CC)c(Br)c1. The highest BCUT2D eigenvalue weighted by atomic mass is 79.9. The van der Waals surface area contributed by atoms with Gasteiger partial charge in [0, 0.05) is 16.2 Å². The van der Waals surface area contributed by atoms with Gasteiger partial charge in [-0.15, -0.1) is 0 Å². The van der Waals surface area contributed by atoms with E-state index >= 15 is 0 Å². The first-order valence-corrected chi connectivity index (χ1v) is 7.52. The maximum absolute atomic E-state index is 11.6. The molecule has 3 nitrogen and oxygen atoms in total. The molecule has 1 aromatic carbocycles. The van der Waals surface area contributed by atoms with Crippen molar-refractivity contribution in [2.24, 2.45) is 5.92 Å². The maximum atomic E-state index is 11.6. The minimum absolute atomic E-state index is 0.287. The third-order valence-electron chi connectivity index (χ3n) is 3.36. The minimum atomic E-state index is -0.287. The number of hydrogen-bond donors (Lipinski definition) is 1. The van der Waals surface area contributed by atoms with Gasteiger partial charge in [0.25, 0.3) is 0 Å². The highest BCUT2D eigenvalue weighted by Crippen LogP contribution is 2.26. The van der Waals surface area contributed by atoms with E-state index in [-0.39, 0.29) is 5.97 Å². The Balaban J connectivity index is 2.80. The molecule has 0 heterocycles. The Bertz CT molecular complexity index is 434. The molecule has 0 radical (unpaired) electrons. The summed E-state index contributed by atoms with van der Waals surface area (Å²) in [6.07, 6.45) is 1.13. The number of nitrogens with one attached hydrogen (secondary N) is 1. The number of carbonyl (C=O) groups is 1. The van der Waals surface area contributed by atoms with Gasteiger partial charge in [0.05, 0.1) is 12.2 Å². The lowest BCUT2D eigenvalue weighted by molar-refractivity contribution is 0.0526. The summed E-state index contributed by atoms with van der Waals surface area (Å²) in [7, 11) is 0. The molecule has 19 heavy (non-hydrogen) atoms. The molecule has 2 unspecified atom stereocenters. The zero-order chi connectivity index (χ0) is 14.4. The standard InChI is InChI=1S/C15H22BrNO2/c1-5-10(3)11(4)17-14-8-7-12(9-13(14)16)15(18)19-6-2/h7-11,17H,5-6H2,1-4H3. The van der Waals surface area contributed by atoms with Crippen LogP contribution in [0.25, 0.3) is 0 Å². The Morgan fingerprint density at radius 3 is 2.58 bits per heavy atom. The van der Waals surface area contributed by atoms with Crippen molar-refractivity contribution in [1.29, 1.82) is 0 Å². The summed E-state index contributed by atoms with van der Waals surface area (Å²) in [5, 5.41) is 3.46. The van der Waals surface area contributed by atoms with Gasteiger partial charge in [0.2, 0.25) is 0 Å². The van der Waals surface area contributed by atoms with Crippen LogP contribution >= 0.6 is 15.9 Å². The predicted octanol–water partition coefficient (Wildman–Crippen LogP) is 4.47. The molecule has 0 saturated carbocycles. The lowest BCUT2D eigenvalue weighted by atomic mass is 10.0. The van der Waals surface area contributed by atoms with Crippen LogP contribution in [-0.4, -0.2) is 18.6 Å². The highest BCUT2D eigenvalue weighted by Gasteiger charge is 2.13. The van der Waals surface area contributed by atoms with Crippen LogP contribution in [0.3, 0.4) is 0 Å². The number of esters is 1. The average Bonchev–Trinajstić information content (AvgIpc) is 2.40. The summed E-state index contributed by atoms with van der Waals surface area (Å²) in [6.45, 7) is 8.76. The molecule has 2 atom stereocenters. The number of carbonyl (C=O) groups excluding carboxylic acids is 1. The van der Waals surface area contributed by atoms with Gasteiger partial charge in [0.15, 0.2) is 0 Å². The zero-order valence-electron chi connectivity index (χ0n) is 12.0. The molecule has 1 rings (SSSR count). The van der Waals surface area contributed by atoms with Crippen molar-refractivity contribution in [2.75, 3.05) is 11.9 Å². The van der Waals surface area contributed by atoms with Gasteiger partial charge in [-0.2, -0.15) is 0 Å². The molecule has 0 spiro atoms. The van der Waals surface area contributed by atoms with Gasteiger partial charge >= 0.3 is 5.97 Å².